The smallest absolute Gasteiger partial charge is 0.324 e. The Morgan fingerprint density at radius 2 is 2.39 bits per heavy atom. The van der Waals surface area contributed by atoms with Crippen LogP contribution in [0.2, 0.25) is 0 Å². The second kappa shape index (κ2) is 5.42. The van der Waals surface area contributed by atoms with Crippen molar-refractivity contribution >= 4 is 22.2 Å². The average molecular weight is 271 g/mol. The van der Waals surface area contributed by atoms with Crippen LogP contribution in [0.15, 0.2) is 12.1 Å². The molecule has 1 amide bonds. The normalized spacial score (nSPS) is 22.9. The number of carbonyl (C=O) groups excluding carboxylic acids is 1. The van der Waals surface area contributed by atoms with Gasteiger partial charge in [0.2, 0.25) is 0 Å². The zero-order valence-electron chi connectivity index (χ0n) is 9.46. The summed E-state index contributed by atoms with van der Waals surface area (Å²) in [6, 6.07) is 2.74. The molecule has 7 nitrogen and oxygen atoms in total. The molecule has 2 heterocycles. The number of hydrogen-bond donors (Lipinski definition) is 3. The van der Waals surface area contributed by atoms with Gasteiger partial charge >= 0.3 is 5.00 Å². The van der Waals surface area contributed by atoms with Crippen LogP contribution in [-0.4, -0.2) is 41.7 Å². The molecule has 2 rings (SSSR count). The Morgan fingerprint density at radius 3 is 2.94 bits per heavy atom. The summed E-state index contributed by atoms with van der Waals surface area (Å²) in [5, 5.41) is 25.7. The molecule has 1 aromatic rings. The molecule has 98 valence electrons. The van der Waals surface area contributed by atoms with E-state index in [1.807, 2.05) is 0 Å². The first kappa shape index (κ1) is 12.9. The second-order valence-corrected chi connectivity index (χ2v) is 5.15. The van der Waals surface area contributed by atoms with Gasteiger partial charge in [-0.2, -0.15) is 0 Å². The summed E-state index contributed by atoms with van der Waals surface area (Å²) < 4.78 is 0. The van der Waals surface area contributed by atoms with Crippen LogP contribution in [0.25, 0.3) is 0 Å². The number of amides is 1. The maximum Gasteiger partial charge on any atom is 0.324 e. The molecule has 0 aromatic carbocycles. The number of aliphatic hydroxyl groups excluding tert-OH is 1. The van der Waals surface area contributed by atoms with Gasteiger partial charge in [0.15, 0.2) is 0 Å². The quantitative estimate of drug-likeness (QED) is 0.527. The van der Waals surface area contributed by atoms with Gasteiger partial charge in [-0.3, -0.25) is 14.9 Å². The van der Waals surface area contributed by atoms with Crippen LogP contribution >= 0.6 is 11.3 Å². The van der Waals surface area contributed by atoms with Gasteiger partial charge in [0.05, 0.1) is 15.9 Å². The van der Waals surface area contributed by atoms with Gasteiger partial charge in [-0.1, -0.05) is 11.3 Å². The fraction of sp³-hybridized carbons (Fsp3) is 0.500. The van der Waals surface area contributed by atoms with Gasteiger partial charge in [0.1, 0.15) is 0 Å². The predicted molar refractivity (Wildman–Crippen MR) is 65.7 cm³/mol. The second-order valence-electron chi connectivity index (χ2n) is 4.09. The van der Waals surface area contributed by atoms with Crippen LogP contribution in [0.5, 0.6) is 0 Å². The van der Waals surface area contributed by atoms with Gasteiger partial charge in [0.25, 0.3) is 5.91 Å². The first-order chi connectivity index (χ1) is 8.58. The molecule has 18 heavy (non-hydrogen) atoms. The molecule has 0 saturated carbocycles. The van der Waals surface area contributed by atoms with Crippen LogP contribution < -0.4 is 10.6 Å². The van der Waals surface area contributed by atoms with E-state index in [2.05, 4.69) is 10.6 Å². The molecule has 0 radical (unpaired) electrons. The molecular weight excluding hydrogens is 258 g/mol. The molecule has 3 N–H and O–H groups in total. The van der Waals surface area contributed by atoms with Gasteiger partial charge in [-0.25, -0.2) is 0 Å². The predicted octanol–water partition coefficient (Wildman–Crippen LogP) is -0.0336. The fourth-order valence-corrected chi connectivity index (χ4v) is 2.52. The highest BCUT2D eigenvalue weighted by molar-refractivity contribution is 7.17. The molecule has 1 aliphatic rings. The van der Waals surface area contributed by atoms with Crippen molar-refractivity contribution in [1.82, 2.24) is 10.6 Å². The first-order valence-electron chi connectivity index (χ1n) is 5.49. The lowest BCUT2D eigenvalue weighted by atomic mass is 10.1. The van der Waals surface area contributed by atoms with Crippen molar-refractivity contribution in [1.29, 1.82) is 0 Å². The van der Waals surface area contributed by atoms with E-state index in [9.17, 15) is 20.0 Å². The zero-order chi connectivity index (χ0) is 13.1. The van der Waals surface area contributed by atoms with Crippen LogP contribution in [0.4, 0.5) is 5.00 Å². The van der Waals surface area contributed by atoms with E-state index in [1.165, 1.54) is 12.1 Å². The van der Waals surface area contributed by atoms with Gasteiger partial charge in [-0.15, -0.1) is 0 Å². The molecular formula is C10H13N3O4S. The number of thiophene rings is 1. The topological polar surface area (TPSA) is 104 Å². The lowest BCUT2D eigenvalue weighted by molar-refractivity contribution is -0.380. The summed E-state index contributed by atoms with van der Waals surface area (Å²) in [5.74, 6) is -0.351. The van der Waals surface area contributed by atoms with Gasteiger partial charge in [0, 0.05) is 31.6 Å². The lowest BCUT2D eigenvalue weighted by Gasteiger charge is -2.13. The number of rotatable bonds is 4. The third-order valence-corrected chi connectivity index (χ3v) is 3.86. The first-order valence-corrected chi connectivity index (χ1v) is 6.31. The third-order valence-electron chi connectivity index (χ3n) is 2.82. The minimum absolute atomic E-state index is 0.0103. The molecule has 2 unspecified atom stereocenters. The van der Waals surface area contributed by atoms with Gasteiger partial charge < -0.3 is 15.7 Å². The Bertz CT molecular complexity index is 462. The van der Waals surface area contributed by atoms with Crippen molar-refractivity contribution in [3.8, 4) is 0 Å². The maximum absolute atomic E-state index is 11.7. The fourth-order valence-electron chi connectivity index (χ4n) is 1.79. The lowest BCUT2D eigenvalue weighted by Crippen LogP contribution is -2.33. The van der Waals surface area contributed by atoms with Gasteiger partial charge in [-0.05, 0) is 6.07 Å². The summed E-state index contributed by atoms with van der Waals surface area (Å²) in [6.45, 7) is 1.55. The van der Waals surface area contributed by atoms with Crippen LogP contribution in [-0.2, 0) is 0 Å². The summed E-state index contributed by atoms with van der Waals surface area (Å²) in [7, 11) is 0. The van der Waals surface area contributed by atoms with Crippen molar-refractivity contribution in [2.75, 3.05) is 19.6 Å². The molecule has 1 aromatic heterocycles. The Labute approximate surface area is 107 Å². The summed E-state index contributed by atoms with van der Waals surface area (Å²) in [5.41, 5.74) is 0. The molecule has 8 heteroatoms. The highest BCUT2D eigenvalue weighted by Gasteiger charge is 2.25. The van der Waals surface area contributed by atoms with Crippen molar-refractivity contribution < 1.29 is 14.8 Å². The monoisotopic (exact) mass is 271 g/mol. The minimum atomic E-state index is -0.522. The molecule has 2 atom stereocenters. The zero-order valence-corrected chi connectivity index (χ0v) is 10.3. The molecule has 1 aliphatic heterocycles. The number of nitrogens with one attached hydrogen (secondary N) is 2. The molecule has 0 spiro atoms. The number of aliphatic hydroxyl groups is 1. The number of nitrogens with zero attached hydrogens (tertiary/aromatic N) is 1. The third kappa shape index (κ3) is 2.84. The van der Waals surface area contributed by atoms with Crippen LogP contribution in [0.1, 0.15) is 9.67 Å². The average Bonchev–Trinajstić information content (AvgIpc) is 2.94. The number of β-amino-alcohol motifs (C(OH)–C–C–N with tert-alkyl or cyclic N) is 1. The van der Waals surface area contributed by atoms with Crippen molar-refractivity contribution in [2.45, 2.75) is 6.10 Å². The van der Waals surface area contributed by atoms with Crippen molar-refractivity contribution in [2.24, 2.45) is 5.92 Å². The summed E-state index contributed by atoms with van der Waals surface area (Å²) in [4.78, 5) is 22.0. The number of carbonyl (C=O) groups is 1. The standard InChI is InChI=1S/C10H13N3O4S/c14-7-5-11-3-6(7)4-12-10(15)8-1-2-9(18-8)13(16)17/h1-2,6-7,11,14H,3-5H2,(H,12,15). The highest BCUT2D eigenvalue weighted by Crippen LogP contribution is 2.23. The molecule has 1 fully saturated rings. The van der Waals surface area contributed by atoms with Crippen molar-refractivity contribution in [3.63, 3.8) is 0 Å². The SMILES string of the molecule is O=C(NCC1CNCC1O)c1ccc([N+](=O)[O-])s1. The van der Waals surface area contributed by atoms with E-state index in [-0.39, 0.29) is 16.8 Å². The number of nitro groups is 1. The largest absolute Gasteiger partial charge is 0.391 e. The van der Waals surface area contributed by atoms with E-state index >= 15 is 0 Å². The van der Waals surface area contributed by atoms with Crippen molar-refractivity contribution in [3.05, 3.63) is 27.1 Å². The Kier molecular flexibility index (Phi) is 3.90. The van der Waals surface area contributed by atoms with E-state index in [0.717, 1.165) is 11.3 Å². The minimum Gasteiger partial charge on any atom is -0.391 e. The Hall–Kier alpha value is -1.51. The van der Waals surface area contributed by atoms with Crippen LogP contribution in [0, 0.1) is 16.0 Å². The van der Waals surface area contributed by atoms with E-state index in [1.54, 1.807) is 0 Å². The maximum atomic E-state index is 11.7. The summed E-state index contributed by atoms with van der Waals surface area (Å²) >= 11 is 0.843. The molecule has 1 saturated heterocycles. The number of hydrogen-bond acceptors (Lipinski definition) is 6. The van der Waals surface area contributed by atoms with E-state index < -0.39 is 11.0 Å². The molecule has 0 aliphatic carbocycles. The Balaban J connectivity index is 1.89. The van der Waals surface area contributed by atoms with E-state index in [0.29, 0.717) is 24.5 Å². The molecule has 0 bridgehead atoms. The Morgan fingerprint density at radius 1 is 1.61 bits per heavy atom. The van der Waals surface area contributed by atoms with E-state index in [4.69, 9.17) is 0 Å². The highest BCUT2D eigenvalue weighted by atomic mass is 32.1. The summed E-state index contributed by atoms with van der Waals surface area (Å²) in [6.07, 6.45) is -0.456. The van der Waals surface area contributed by atoms with Crippen LogP contribution in [0.3, 0.4) is 0 Å².